The van der Waals surface area contributed by atoms with Crippen LogP contribution in [0.2, 0.25) is 0 Å². The van der Waals surface area contributed by atoms with Crippen molar-refractivity contribution in [2.45, 2.75) is 20.0 Å². The Morgan fingerprint density at radius 2 is 2.05 bits per heavy atom. The number of nitrogens with zero attached hydrogens (tertiary/aromatic N) is 3. The molecule has 0 unspecified atom stereocenters. The monoisotopic (exact) mass is 312 g/mol. The molecule has 5 nitrogen and oxygen atoms in total. The molecule has 22 heavy (non-hydrogen) atoms. The molecule has 112 valence electrons. The molecule has 1 aliphatic rings. The number of thiocarbonyl (C=S) groups is 1. The van der Waals surface area contributed by atoms with Crippen LogP contribution >= 0.6 is 12.2 Å². The van der Waals surface area contributed by atoms with Gasteiger partial charge in [0, 0.05) is 12.7 Å². The molecule has 0 atom stereocenters. The Balaban J connectivity index is 1.82. The van der Waals surface area contributed by atoms with E-state index in [-0.39, 0.29) is 5.91 Å². The molecular formula is C16H16N4OS. The van der Waals surface area contributed by atoms with Crippen LogP contribution < -0.4 is 5.32 Å². The van der Waals surface area contributed by atoms with Crippen molar-refractivity contribution in [2.24, 2.45) is 0 Å². The average molecular weight is 312 g/mol. The minimum absolute atomic E-state index is 0.113. The lowest BCUT2D eigenvalue weighted by Gasteiger charge is -2.13. The van der Waals surface area contributed by atoms with Crippen LogP contribution in [-0.4, -0.2) is 25.7 Å². The number of nitrogens with one attached hydrogen (secondary N) is 1. The first-order valence-corrected chi connectivity index (χ1v) is 7.50. The zero-order valence-corrected chi connectivity index (χ0v) is 13.0. The average Bonchev–Trinajstić information content (AvgIpc) is 3.08. The molecule has 1 aromatic carbocycles. The zero-order valence-electron chi connectivity index (χ0n) is 12.2. The first-order chi connectivity index (χ1) is 10.7. The van der Waals surface area contributed by atoms with Crippen molar-refractivity contribution in [1.82, 2.24) is 20.0 Å². The molecule has 1 fully saturated rings. The van der Waals surface area contributed by atoms with Crippen molar-refractivity contribution >= 4 is 29.3 Å². The molecule has 1 aliphatic heterocycles. The maximum absolute atomic E-state index is 12.5. The van der Waals surface area contributed by atoms with Gasteiger partial charge in [-0.15, -0.1) is 0 Å². The van der Waals surface area contributed by atoms with E-state index in [4.69, 9.17) is 12.2 Å². The van der Waals surface area contributed by atoms with E-state index in [9.17, 15) is 4.79 Å². The highest BCUT2D eigenvalue weighted by Gasteiger charge is 2.30. The lowest BCUT2D eigenvalue weighted by atomic mass is 10.2. The van der Waals surface area contributed by atoms with Gasteiger partial charge in [0.05, 0.1) is 12.2 Å². The highest BCUT2D eigenvalue weighted by molar-refractivity contribution is 7.80. The lowest BCUT2D eigenvalue weighted by Crippen LogP contribution is -2.29. The van der Waals surface area contributed by atoms with Crippen LogP contribution in [0, 0.1) is 0 Å². The number of amides is 1. The summed E-state index contributed by atoms with van der Waals surface area (Å²) in [6.07, 6.45) is 3.51. The van der Waals surface area contributed by atoms with Gasteiger partial charge in [-0.2, -0.15) is 5.10 Å². The Morgan fingerprint density at radius 3 is 2.77 bits per heavy atom. The Bertz CT molecular complexity index is 736. The van der Waals surface area contributed by atoms with Crippen LogP contribution in [0.5, 0.6) is 0 Å². The fraction of sp³-hybridized carbons (Fsp3) is 0.188. The van der Waals surface area contributed by atoms with Gasteiger partial charge in [-0.05, 0) is 36.8 Å². The first-order valence-electron chi connectivity index (χ1n) is 7.09. The van der Waals surface area contributed by atoms with Crippen molar-refractivity contribution < 1.29 is 4.79 Å². The van der Waals surface area contributed by atoms with Gasteiger partial charge in [0.1, 0.15) is 5.70 Å². The van der Waals surface area contributed by atoms with E-state index in [1.165, 1.54) is 0 Å². The number of carbonyl (C=O) groups excluding carboxylic acids is 1. The van der Waals surface area contributed by atoms with Gasteiger partial charge >= 0.3 is 0 Å². The van der Waals surface area contributed by atoms with E-state index in [2.05, 4.69) is 10.4 Å². The predicted octanol–water partition coefficient (Wildman–Crippen LogP) is 2.16. The summed E-state index contributed by atoms with van der Waals surface area (Å²) in [5, 5.41) is 7.62. The highest BCUT2D eigenvalue weighted by Crippen LogP contribution is 2.17. The van der Waals surface area contributed by atoms with Crippen LogP contribution in [0.25, 0.3) is 6.08 Å². The largest absolute Gasteiger partial charge is 0.328 e. The number of rotatable bonds is 4. The van der Waals surface area contributed by atoms with Gasteiger partial charge in [0.2, 0.25) is 0 Å². The maximum atomic E-state index is 12.5. The second kappa shape index (κ2) is 6.11. The van der Waals surface area contributed by atoms with Gasteiger partial charge in [0.15, 0.2) is 5.11 Å². The van der Waals surface area contributed by atoms with Gasteiger partial charge < -0.3 is 5.32 Å². The van der Waals surface area contributed by atoms with Crippen molar-refractivity contribution in [2.75, 3.05) is 0 Å². The molecule has 1 saturated heterocycles. The SMILES string of the molecule is CCn1nccc1C=C1NC(=S)N(Cc2ccccc2)C1=O. The molecular weight excluding hydrogens is 296 g/mol. The number of benzene rings is 1. The standard InChI is InChI=1S/C16H16N4OS/c1-2-20-13(8-9-17-20)10-14-15(21)19(16(22)18-14)11-12-6-4-3-5-7-12/h3-10H,2,11H2,1H3,(H,18,22). The minimum Gasteiger partial charge on any atom is -0.328 e. The first kappa shape index (κ1) is 14.5. The number of aromatic nitrogens is 2. The molecule has 2 aromatic rings. The van der Waals surface area contributed by atoms with Crippen molar-refractivity contribution in [3.8, 4) is 0 Å². The van der Waals surface area contributed by atoms with Crippen molar-refractivity contribution in [3.63, 3.8) is 0 Å². The summed E-state index contributed by atoms with van der Waals surface area (Å²) in [6, 6.07) is 11.7. The minimum atomic E-state index is -0.113. The third-order valence-corrected chi connectivity index (χ3v) is 3.81. The number of carbonyl (C=O) groups is 1. The molecule has 0 spiro atoms. The predicted molar refractivity (Wildman–Crippen MR) is 88.6 cm³/mol. The molecule has 6 heteroatoms. The maximum Gasteiger partial charge on any atom is 0.276 e. The third kappa shape index (κ3) is 2.78. The smallest absolute Gasteiger partial charge is 0.276 e. The van der Waals surface area contributed by atoms with Crippen molar-refractivity contribution in [1.29, 1.82) is 0 Å². The number of hydrogen-bond donors (Lipinski definition) is 1. The number of hydrogen-bond acceptors (Lipinski definition) is 3. The van der Waals surface area contributed by atoms with Gasteiger partial charge in [0.25, 0.3) is 5.91 Å². The summed E-state index contributed by atoms with van der Waals surface area (Å²) < 4.78 is 1.82. The third-order valence-electron chi connectivity index (χ3n) is 3.49. The van der Waals surface area contributed by atoms with E-state index >= 15 is 0 Å². The Hall–Kier alpha value is -2.47. The molecule has 0 radical (unpaired) electrons. The quantitative estimate of drug-likeness (QED) is 0.694. The van der Waals surface area contributed by atoms with E-state index in [0.29, 0.717) is 17.4 Å². The Labute approximate surface area is 134 Å². The highest BCUT2D eigenvalue weighted by atomic mass is 32.1. The molecule has 1 N–H and O–H groups in total. The topological polar surface area (TPSA) is 50.2 Å². The summed E-state index contributed by atoms with van der Waals surface area (Å²) in [4.78, 5) is 14.1. The van der Waals surface area contributed by atoms with Crippen LogP contribution in [0.1, 0.15) is 18.2 Å². The molecule has 0 saturated carbocycles. The lowest BCUT2D eigenvalue weighted by molar-refractivity contribution is -0.122. The van der Waals surface area contributed by atoms with Crippen LogP contribution in [0.4, 0.5) is 0 Å². The second-order valence-electron chi connectivity index (χ2n) is 4.94. The fourth-order valence-electron chi connectivity index (χ4n) is 2.36. The second-order valence-corrected chi connectivity index (χ2v) is 5.32. The van der Waals surface area contributed by atoms with Crippen molar-refractivity contribution in [3.05, 3.63) is 59.5 Å². The van der Waals surface area contributed by atoms with Gasteiger partial charge in [-0.25, -0.2) is 0 Å². The van der Waals surface area contributed by atoms with Gasteiger partial charge in [-0.1, -0.05) is 30.3 Å². The fourth-order valence-corrected chi connectivity index (χ4v) is 2.62. The zero-order chi connectivity index (χ0) is 15.5. The molecule has 0 aliphatic carbocycles. The Kier molecular flexibility index (Phi) is 4.02. The molecule has 1 amide bonds. The van der Waals surface area contributed by atoms with E-state index in [1.807, 2.05) is 48.0 Å². The molecule has 0 bridgehead atoms. The van der Waals surface area contributed by atoms with Crippen LogP contribution in [-0.2, 0) is 17.9 Å². The Morgan fingerprint density at radius 1 is 1.27 bits per heavy atom. The summed E-state index contributed by atoms with van der Waals surface area (Å²) >= 11 is 5.28. The summed E-state index contributed by atoms with van der Waals surface area (Å²) in [6.45, 7) is 3.22. The molecule has 1 aromatic heterocycles. The van der Waals surface area contributed by atoms with E-state index in [1.54, 1.807) is 17.2 Å². The van der Waals surface area contributed by atoms with E-state index < -0.39 is 0 Å². The summed E-state index contributed by atoms with van der Waals surface area (Å²) in [7, 11) is 0. The molecule has 2 heterocycles. The van der Waals surface area contributed by atoms with Gasteiger partial charge in [-0.3, -0.25) is 14.4 Å². The normalized spacial score (nSPS) is 16.4. The van der Waals surface area contributed by atoms with Crippen LogP contribution in [0.15, 0.2) is 48.3 Å². The molecule has 3 rings (SSSR count). The van der Waals surface area contributed by atoms with Crippen LogP contribution in [0.3, 0.4) is 0 Å². The summed E-state index contributed by atoms with van der Waals surface area (Å²) in [5.74, 6) is -0.113. The van der Waals surface area contributed by atoms with E-state index in [0.717, 1.165) is 17.8 Å². The summed E-state index contributed by atoms with van der Waals surface area (Å²) in [5.41, 5.74) is 2.40. The number of aryl methyl sites for hydroxylation is 1.